The van der Waals surface area contributed by atoms with Crippen LogP contribution in [0.15, 0.2) is 0 Å². The first-order valence-electron chi connectivity index (χ1n) is 8.35. The lowest BCUT2D eigenvalue weighted by molar-refractivity contribution is -0.0414. The standard InChI is InChI=1S/C16H31NO4/c1-3-12(4-2)14(18)15(19)13(17-16(20)21)10-11-8-6-5-7-9-11/h11-15,17-19H,3-10H2,1-2H3,(H,20,21)/t13-,14-,15-/m0/s1. The molecule has 0 spiro atoms. The van der Waals surface area contributed by atoms with Crippen LogP contribution in [0.2, 0.25) is 0 Å². The van der Waals surface area contributed by atoms with Crippen LogP contribution < -0.4 is 5.32 Å². The highest BCUT2D eigenvalue weighted by atomic mass is 16.4. The number of nitrogens with one attached hydrogen (secondary N) is 1. The Balaban J connectivity index is 2.67. The van der Waals surface area contributed by atoms with Crippen molar-refractivity contribution in [3.05, 3.63) is 0 Å². The summed E-state index contributed by atoms with van der Waals surface area (Å²) in [6, 6.07) is -0.582. The predicted octanol–water partition coefficient (Wildman–Crippen LogP) is 2.75. The Bertz CT molecular complexity index is 301. The summed E-state index contributed by atoms with van der Waals surface area (Å²) >= 11 is 0. The summed E-state index contributed by atoms with van der Waals surface area (Å²) in [7, 11) is 0. The second-order valence-electron chi connectivity index (χ2n) is 6.35. The summed E-state index contributed by atoms with van der Waals surface area (Å²) in [6.07, 6.45) is 4.90. The maximum atomic E-state index is 11.0. The van der Waals surface area contributed by atoms with E-state index in [1.54, 1.807) is 0 Å². The molecule has 0 radical (unpaired) electrons. The van der Waals surface area contributed by atoms with Gasteiger partial charge in [0.15, 0.2) is 0 Å². The fraction of sp³-hybridized carbons (Fsp3) is 0.938. The van der Waals surface area contributed by atoms with Crippen LogP contribution in [0.4, 0.5) is 4.79 Å². The van der Waals surface area contributed by atoms with Crippen LogP contribution in [-0.2, 0) is 0 Å². The molecule has 0 aliphatic heterocycles. The number of hydrogen-bond donors (Lipinski definition) is 4. The second-order valence-corrected chi connectivity index (χ2v) is 6.35. The Labute approximate surface area is 127 Å². The van der Waals surface area contributed by atoms with Crippen LogP contribution in [0.1, 0.15) is 65.2 Å². The minimum atomic E-state index is -1.13. The zero-order chi connectivity index (χ0) is 15.8. The molecule has 4 N–H and O–H groups in total. The van der Waals surface area contributed by atoms with Crippen molar-refractivity contribution in [3.8, 4) is 0 Å². The van der Waals surface area contributed by atoms with Crippen LogP contribution in [0.5, 0.6) is 0 Å². The highest BCUT2D eigenvalue weighted by Crippen LogP contribution is 2.29. The number of carbonyl (C=O) groups is 1. The quantitative estimate of drug-likeness (QED) is 0.555. The highest BCUT2D eigenvalue weighted by molar-refractivity contribution is 5.64. The fourth-order valence-corrected chi connectivity index (χ4v) is 3.51. The molecule has 5 nitrogen and oxygen atoms in total. The Hall–Kier alpha value is -0.810. The van der Waals surface area contributed by atoms with Crippen molar-refractivity contribution < 1.29 is 20.1 Å². The Morgan fingerprint density at radius 2 is 1.67 bits per heavy atom. The average Bonchev–Trinajstić information content (AvgIpc) is 2.47. The number of aliphatic hydroxyl groups excluding tert-OH is 2. The molecule has 1 saturated carbocycles. The molecule has 1 aliphatic rings. The first kappa shape index (κ1) is 18.2. The van der Waals surface area contributed by atoms with Crippen molar-refractivity contribution in [1.29, 1.82) is 0 Å². The van der Waals surface area contributed by atoms with E-state index in [0.717, 1.165) is 25.7 Å². The van der Waals surface area contributed by atoms with E-state index in [0.29, 0.717) is 12.3 Å². The zero-order valence-corrected chi connectivity index (χ0v) is 13.3. The van der Waals surface area contributed by atoms with E-state index in [-0.39, 0.29) is 5.92 Å². The third-order valence-electron chi connectivity index (χ3n) is 4.91. The summed E-state index contributed by atoms with van der Waals surface area (Å²) in [4.78, 5) is 11.0. The van der Waals surface area contributed by atoms with Gasteiger partial charge in [0, 0.05) is 0 Å². The molecule has 0 aromatic carbocycles. The molecule has 1 fully saturated rings. The number of aliphatic hydroxyl groups is 2. The van der Waals surface area contributed by atoms with Crippen LogP contribution in [0.3, 0.4) is 0 Å². The van der Waals surface area contributed by atoms with Crippen molar-refractivity contribution >= 4 is 6.09 Å². The predicted molar refractivity (Wildman–Crippen MR) is 82.2 cm³/mol. The van der Waals surface area contributed by atoms with Gasteiger partial charge in [-0.05, 0) is 18.3 Å². The van der Waals surface area contributed by atoms with Crippen LogP contribution in [-0.4, -0.2) is 39.7 Å². The second kappa shape index (κ2) is 9.26. The Morgan fingerprint density at radius 3 is 2.14 bits per heavy atom. The fourth-order valence-electron chi connectivity index (χ4n) is 3.51. The minimum Gasteiger partial charge on any atom is -0.465 e. The summed E-state index contributed by atoms with van der Waals surface area (Å²) in [5, 5.41) is 32.1. The maximum absolute atomic E-state index is 11.0. The van der Waals surface area contributed by atoms with Crippen molar-refractivity contribution in [2.24, 2.45) is 11.8 Å². The van der Waals surface area contributed by atoms with Gasteiger partial charge in [-0.2, -0.15) is 0 Å². The lowest BCUT2D eigenvalue weighted by atomic mass is 9.81. The lowest BCUT2D eigenvalue weighted by Crippen LogP contribution is -2.51. The van der Waals surface area contributed by atoms with Gasteiger partial charge in [-0.25, -0.2) is 4.79 Å². The molecule has 0 saturated heterocycles. The number of amides is 1. The molecule has 1 rings (SSSR count). The van der Waals surface area contributed by atoms with E-state index in [9.17, 15) is 15.0 Å². The third-order valence-corrected chi connectivity index (χ3v) is 4.91. The molecule has 1 aliphatic carbocycles. The van der Waals surface area contributed by atoms with Gasteiger partial charge in [0.2, 0.25) is 0 Å². The van der Waals surface area contributed by atoms with E-state index < -0.39 is 24.3 Å². The smallest absolute Gasteiger partial charge is 0.404 e. The molecule has 0 unspecified atom stereocenters. The third kappa shape index (κ3) is 5.83. The minimum absolute atomic E-state index is 0.00412. The van der Waals surface area contributed by atoms with Gasteiger partial charge < -0.3 is 20.6 Å². The lowest BCUT2D eigenvalue weighted by Gasteiger charge is -2.33. The van der Waals surface area contributed by atoms with Crippen LogP contribution in [0.25, 0.3) is 0 Å². The number of carboxylic acid groups (broad SMARTS) is 1. The van der Waals surface area contributed by atoms with Gasteiger partial charge in [0.25, 0.3) is 0 Å². The SMILES string of the molecule is CCC(CC)[C@H](O)[C@@H](O)[C@H](CC1CCCCC1)NC(=O)O. The molecule has 0 aromatic rings. The molecular formula is C16H31NO4. The van der Waals surface area contributed by atoms with Crippen molar-refractivity contribution in [1.82, 2.24) is 5.32 Å². The largest absolute Gasteiger partial charge is 0.465 e. The summed E-state index contributed by atoms with van der Waals surface area (Å²) in [5.74, 6) is 0.448. The van der Waals surface area contributed by atoms with E-state index in [1.165, 1.54) is 19.3 Å². The van der Waals surface area contributed by atoms with Gasteiger partial charge in [0.1, 0.15) is 6.10 Å². The number of rotatable bonds is 8. The molecule has 1 amide bonds. The summed E-state index contributed by atoms with van der Waals surface area (Å²) in [6.45, 7) is 3.95. The van der Waals surface area contributed by atoms with Crippen molar-refractivity contribution in [3.63, 3.8) is 0 Å². The molecule has 0 aromatic heterocycles. The first-order valence-corrected chi connectivity index (χ1v) is 8.35. The van der Waals surface area contributed by atoms with E-state index >= 15 is 0 Å². The van der Waals surface area contributed by atoms with Gasteiger partial charge >= 0.3 is 6.09 Å². The van der Waals surface area contributed by atoms with E-state index in [1.807, 2.05) is 13.8 Å². The normalized spacial score (nSPS) is 21.0. The van der Waals surface area contributed by atoms with Crippen LogP contribution >= 0.6 is 0 Å². The molecule has 5 heteroatoms. The van der Waals surface area contributed by atoms with Crippen molar-refractivity contribution in [2.45, 2.75) is 83.5 Å². The van der Waals surface area contributed by atoms with Gasteiger partial charge in [0.05, 0.1) is 12.1 Å². The van der Waals surface area contributed by atoms with Gasteiger partial charge in [-0.1, -0.05) is 58.8 Å². The van der Waals surface area contributed by atoms with E-state index in [2.05, 4.69) is 5.32 Å². The van der Waals surface area contributed by atoms with Crippen molar-refractivity contribution in [2.75, 3.05) is 0 Å². The van der Waals surface area contributed by atoms with E-state index in [4.69, 9.17) is 5.11 Å². The molecular weight excluding hydrogens is 270 g/mol. The molecule has 3 atom stereocenters. The zero-order valence-electron chi connectivity index (χ0n) is 13.3. The highest BCUT2D eigenvalue weighted by Gasteiger charge is 2.33. The van der Waals surface area contributed by atoms with Gasteiger partial charge in [-0.3, -0.25) is 0 Å². The maximum Gasteiger partial charge on any atom is 0.404 e. The Kier molecular flexibility index (Phi) is 8.04. The monoisotopic (exact) mass is 301 g/mol. The molecule has 21 heavy (non-hydrogen) atoms. The average molecular weight is 301 g/mol. The molecule has 0 heterocycles. The Morgan fingerprint density at radius 1 is 1.10 bits per heavy atom. The summed E-state index contributed by atoms with van der Waals surface area (Å²) in [5.41, 5.74) is 0. The number of hydrogen-bond acceptors (Lipinski definition) is 3. The topological polar surface area (TPSA) is 89.8 Å². The van der Waals surface area contributed by atoms with Crippen LogP contribution in [0, 0.1) is 11.8 Å². The first-order chi connectivity index (χ1) is 9.99. The molecule has 124 valence electrons. The van der Waals surface area contributed by atoms with Gasteiger partial charge in [-0.15, -0.1) is 0 Å². The molecule has 0 bridgehead atoms. The summed E-state index contributed by atoms with van der Waals surface area (Å²) < 4.78 is 0.